The van der Waals surface area contributed by atoms with Gasteiger partial charge in [0.05, 0.1) is 31.6 Å². The number of anilines is 1. The molecule has 1 aromatic heterocycles. The minimum Gasteiger partial charge on any atom is -0.381 e. The van der Waals surface area contributed by atoms with E-state index in [1.165, 1.54) is 6.07 Å². The minimum absolute atomic E-state index is 0.240. The number of aromatic amines is 1. The molecule has 2 aromatic carbocycles. The number of nitrogens with zero attached hydrogens (tertiary/aromatic N) is 2. The highest BCUT2D eigenvalue weighted by molar-refractivity contribution is 9.10. The monoisotopic (exact) mass is 514 g/mol. The van der Waals surface area contributed by atoms with Crippen LogP contribution in [-0.4, -0.2) is 21.1 Å². The molecule has 9 heteroatoms. The summed E-state index contributed by atoms with van der Waals surface area (Å²) >= 11 is 22.1. The van der Waals surface area contributed by atoms with E-state index >= 15 is 0 Å². The van der Waals surface area contributed by atoms with Crippen LogP contribution in [0.4, 0.5) is 16.0 Å². The van der Waals surface area contributed by atoms with E-state index in [2.05, 4.69) is 36.2 Å². The Kier molecular flexibility index (Phi) is 6.16. The standard InChI is InChI=1S/C20H15BrCl3FN4/c21-12-5-4-11(7-16(12)25)26-9-10-6-17-18(8-15(10)24)28-20(27-17)29-19-13(22)2-1-3-14(19)23/h2,4-8,14,26H,1,3,9H2,(H,27,28). The van der Waals surface area contributed by atoms with Crippen LogP contribution in [0.1, 0.15) is 18.4 Å². The Bertz CT molecular complexity index is 1140. The normalized spacial score (nSPS) is 18.3. The summed E-state index contributed by atoms with van der Waals surface area (Å²) in [6.07, 6.45) is 3.53. The summed E-state index contributed by atoms with van der Waals surface area (Å²) < 4.78 is 14.1. The smallest absolute Gasteiger partial charge is 0.228 e. The van der Waals surface area contributed by atoms with E-state index in [9.17, 15) is 4.39 Å². The summed E-state index contributed by atoms with van der Waals surface area (Å²) in [5.74, 6) is 0.0899. The molecular weight excluding hydrogens is 502 g/mol. The number of hydrogen-bond acceptors (Lipinski definition) is 3. The fourth-order valence-corrected chi connectivity index (χ4v) is 4.14. The highest BCUT2D eigenvalue weighted by atomic mass is 79.9. The highest BCUT2D eigenvalue weighted by Gasteiger charge is 2.21. The lowest BCUT2D eigenvalue weighted by molar-refractivity contribution is 0.621. The Morgan fingerprint density at radius 1 is 1.28 bits per heavy atom. The van der Waals surface area contributed by atoms with Gasteiger partial charge in [-0.15, -0.1) is 11.6 Å². The minimum atomic E-state index is -0.332. The summed E-state index contributed by atoms with van der Waals surface area (Å²) in [5.41, 5.74) is 3.59. The molecule has 0 radical (unpaired) electrons. The molecule has 1 atom stereocenters. The van der Waals surface area contributed by atoms with Crippen molar-refractivity contribution >= 4 is 79.1 Å². The number of nitrogens with one attached hydrogen (secondary N) is 2. The van der Waals surface area contributed by atoms with Crippen LogP contribution in [0.15, 0.2) is 50.9 Å². The topological polar surface area (TPSA) is 53.1 Å². The molecule has 1 unspecified atom stereocenters. The van der Waals surface area contributed by atoms with Crippen LogP contribution in [0.3, 0.4) is 0 Å². The van der Waals surface area contributed by atoms with Gasteiger partial charge in [0.15, 0.2) is 0 Å². The Hall–Kier alpha value is -1.60. The van der Waals surface area contributed by atoms with Crippen molar-refractivity contribution in [1.29, 1.82) is 0 Å². The van der Waals surface area contributed by atoms with Crippen LogP contribution < -0.4 is 5.32 Å². The average molecular weight is 517 g/mol. The molecular formula is C20H15BrCl3FN4. The van der Waals surface area contributed by atoms with E-state index in [0.717, 1.165) is 23.9 Å². The highest BCUT2D eigenvalue weighted by Crippen LogP contribution is 2.29. The molecule has 4 rings (SSSR count). The maximum atomic E-state index is 13.7. The Balaban J connectivity index is 1.59. The second kappa shape index (κ2) is 8.64. The van der Waals surface area contributed by atoms with Gasteiger partial charge in [0, 0.05) is 17.3 Å². The lowest BCUT2D eigenvalue weighted by atomic mass is 10.1. The van der Waals surface area contributed by atoms with E-state index in [0.29, 0.717) is 43.9 Å². The van der Waals surface area contributed by atoms with Crippen molar-refractivity contribution in [2.45, 2.75) is 24.8 Å². The van der Waals surface area contributed by atoms with Gasteiger partial charge in [-0.25, -0.2) is 14.4 Å². The molecule has 150 valence electrons. The zero-order valence-electron chi connectivity index (χ0n) is 14.9. The third kappa shape index (κ3) is 4.61. The molecule has 1 aliphatic carbocycles. The molecule has 1 aliphatic rings. The number of aromatic nitrogens is 2. The predicted molar refractivity (Wildman–Crippen MR) is 122 cm³/mol. The fourth-order valence-electron chi connectivity index (χ4n) is 3.04. The molecule has 1 heterocycles. The molecule has 4 nitrogen and oxygen atoms in total. The summed E-state index contributed by atoms with van der Waals surface area (Å²) in [6, 6.07) is 8.52. The Labute approximate surface area is 190 Å². The summed E-state index contributed by atoms with van der Waals surface area (Å²) in [6.45, 7) is 0.428. The third-order valence-corrected chi connectivity index (χ3v) is 6.32. The van der Waals surface area contributed by atoms with Crippen molar-refractivity contribution in [2.75, 3.05) is 5.32 Å². The molecule has 0 saturated heterocycles. The van der Waals surface area contributed by atoms with Gasteiger partial charge in [0.2, 0.25) is 5.95 Å². The van der Waals surface area contributed by atoms with Crippen molar-refractivity contribution in [3.8, 4) is 0 Å². The molecule has 0 saturated carbocycles. The second-order valence-corrected chi connectivity index (χ2v) is 8.79. The number of halogens is 5. The van der Waals surface area contributed by atoms with Gasteiger partial charge in [-0.3, -0.25) is 0 Å². The van der Waals surface area contributed by atoms with E-state index in [1.54, 1.807) is 18.2 Å². The number of fused-ring (bicyclic) bond motifs is 1. The first-order valence-electron chi connectivity index (χ1n) is 8.86. The van der Waals surface area contributed by atoms with E-state index in [-0.39, 0.29) is 11.2 Å². The van der Waals surface area contributed by atoms with Crippen LogP contribution >= 0.6 is 50.7 Å². The second-order valence-electron chi connectivity index (χ2n) is 6.60. The van der Waals surface area contributed by atoms with Crippen molar-refractivity contribution in [3.63, 3.8) is 0 Å². The zero-order valence-corrected chi connectivity index (χ0v) is 18.8. The first kappa shape index (κ1) is 20.7. The number of imidazole rings is 1. The van der Waals surface area contributed by atoms with Gasteiger partial charge >= 0.3 is 0 Å². The van der Waals surface area contributed by atoms with Crippen molar-refractivity contribution in [1.82, 2.24) is 9.97 Å². The summed E-state index contributed by atoms with van der Waals surface area (Å²) in [7, 11) is 0. The molecule has 29 heavy (non-hydrogen) atoms. The molecule has 0 fully saturated rings. The summed E-state index contributed by atoms with van der Waals surface area (Å²) in [4.78, 5) is 12.1. The van der Waals surface area contributed by atoms with E-state index in [1.807, 2.05) is 12.1 Å². The van der Waals surface area contributed by atoms with Crippen molar-refractivity contribution < 1.29 is 4.39 Å². The number of benzene rings is 2. The van der Waals surface area contributed by atoms with Gasteiger partial charge in [-0.05, 0) is 64.7 Å². The molecule has 0 bridgehead atoms. The van der Waals surface area contributed by atoms with Crippen LogP contribution in [-0.2, 0) is 6.54 Å². The number of H-pyrrole nitrogens is 1. The maximum Gasteiger partial charge on any atom is 0.228 e. The number of hydrogen-bond donors (Lipinski definition) is 2. The van der Waals surface area contributed by atoms with Crippen LogP contribution in [0, 0.1) is 5.82 Å². The first-order valence-corrected chi connectivity index (χ1v) is 10.8. The number of allylic oxidation sites excluding steroid dienone is 2. The lowest BCUT2D eigenvalue weighted by Crippen LogP contribution is -2.18. The van der Waals surface area contributed by atoms with Gasteiger partial charge in [0.1, 0.15) is 5.82 Å². The van der Waals surface area contributed by atoms with Crippen LogP contribution in [0.5, 0.6) is 0 Å². The SMILES string of the molecule is Fc1cc(NCc2cc3[nH]c(N=C4C(Cl)=CCCC4Cl)nc3cc2Cl)ccc1Br. The number of alkyl halides is 1. The predicted octanol–water partition coefficient (Wildman–Crippen LogP) is 7.33. The Morgan fingerprint density at radius 2 is 2.10 bits per heavy atom. The van der Waals surface area contributed by atoms with Crippen molar-refractivity contribution in [2.24, 2.45) is 4.99 Å². The van der Waals surface area contributed by atoms with E-state index < -0.39 is 0 Å². The van der Waals surface area contributed by atoms with Gasteiger partial charge in [0.25, 0.3) is 0 Å². The largest absolute Gasteiger partial charge is 0.381 e. The third-order valence-electron chi connectivity index (χ3n) is 4.55. The molecule has 0 spiro atoms. The van der Waals surface area contributed by atoms with Crippen LogP contribution in [0.2, 0.25) is 5.02 Å². The Morgan fingerprint density at radius 3 is 2.86 bits per heavy atom. The maximum absolute atomic E-state index is 13.7. The van der Waals surface area contributed by atoms with Gasteiger partial charge in [-0.1, -0.05) is 29.3 Å². The van der Waals surface area contributed by atoms with Crippen LogP contribution in [0.25, 0.3) is 11.0 Å². The zero-order chi connectivity index (χ0) is 20.5. The number of aliphatic imine (C=N–C) groups is 1. The fraction of sp³-hybridized carbons (Fsp3) is 0.200. The van der Waals surface area contributed by atoms with E-state index in [4.69, 9.17) is 34.8 Å². The van der Waals surface area contributed by atoms with Crippen molar-refractivity contribution in [3.05, 3.63) is 62.3 Å². The lowest BCUT2D eigenvalue weighted by Gasteiger charge is -2.15. The molecule has 3 aromatic rings. The number of rotatable bonds is 4. The summed E-state index contributed by atoms with van der Waals surface area (Å²) in [5, 5.41) is 4.04. The molecule has 2 N–H and O–H groups in total. The van der Waals surface area contributed by atoms with Gasteiger partial charge in [-0.2, -0.15) is 0 Å². The average Bonchev–Trinajstić information content (AvgIpc) is 3.07. The first-order chi connectivity index (χ1) is 13.9. The quantitative estimate of drug-likeness (QED) is 0.357. The molecule has 0 amide bonds. The van der Waals surface area contributed by atoms with Gasteiger partial charge < -0.3 is 10.3 Å². The molecule has 0 aliphatic heterocycles.